The zero-order valence-electron chi connectivity index (χ0n) is 15.5. The molecular weight excluding hydrogens is 397 g/mol. The van der Waals surface area contributed by atoms with E-state index in [0.29, 0.717) is 15.7 Å². The fourth-order valence-electron chi connectivity index (χ4n) is 2.77. The van der Waals surface area contributed by atoms with Crippen molar-refractivity contribution in [2.75, 3.05) is 11.4 Å². The molecule has 2 rings (SSSR count). The second kappa shape index (κ2) is 10.7. The van der Waals surface area contributed by atoms with Gasteiger partial charge in [-0.1, -0.05) is 47.5 Å². The van der Waals surface area contributed by atoms with Crippen molar-refractivity contribution >= 4 is 40.7 Å². The molecule has 146 valence electrons. The van der Waals surface area contributed by atoms with E-state index >= 15 is 0 Å². The standard InChI is InChI=1S/C21H21Cl2N3O2/c1-15(18-9-8-16(22)14-19(18)23)25-20(27)10-11-21(28)26(13-5-12-24)17-6-3-2-4-7-17/h2-4,6-9,14-15H,5,10-11,13H2,1H3,(H,25,27). The molecule has 0 aliphatic heterocycles. The Bertz CT molecular complexity index is 866. The first-order valence-corrected chi connectivity index (χ1v) is 9.64. The van der Waals surface area contributed by atoms with E-state index in [1.807, 2.05) is 31.2 Å². The molecule has 0 fully saturated rings. The van der Waals surface area contributed by atoms with Gasteiger partial charge in [0.2, 0.25) is 11.8 Å². The summed E-state index contributed by atoms with van der Waals surface area (Å²) in [5.41, 5.74) is 1.47. The van der Waals surface area contributed by atoms with Gasteiger partial charge < -0.3 is 10.2 Å². The summed E-state index contributed by atoms with van der Waals surface area (Å²) in [5.74, 6) is -0.450. The molecule has 7 heteroatoms. The van der Waals surface area contributed by atoms with Crippen LogP contribution in [0.15, 0.2) is 48.5 Å². The Hall–Kier alpha value is -2.55. The number of rotatable bonds is 8. The van der Waals surface area contributed by atoms with Gasteiger partial charge in [0.05, 0.1) is 18.5 Å². The minimum Gasteiger partial charge on any atom is -0.350 e. The van der Waals surface area contributed by atoms with Crippen LogP contribution < -0.4 is 10.2 Å². The molecule has 0 aromatic heterocycles. The van der Waals surface area contributed by atoms with E-state index in [9.17, 15) is 9.59 Å². The normalized spacial score (nSPS) is 11.4. The maximum Gasteiger partial charge on any atom is 0.227 e. The van der Waals surface area contributed by atoms with Gasteiger partial charge in [-0.05, 0) is 36.8 Å². The van der Waals surface area contributed by atoms with Crippen molar-refractivity contribution in [1.29, 1.82) is 5.26 Å². The van der Waals surface area contributed by atoms with Gasteiger partial charge >= 0.3 is 0 Å². The molecule has 2 aromatic carbocycles. The number of hydrogen-bond donors (Lipinski definition) is 1. The van der Waals surface area contributed by atoms with E-state index in [1.165, 1.54) is 4.90 Å². The Morgan fingerprint density at radius 3 is 2.50 bits per heavy atom. The number of halogens is 2. The lowest BCUT2D eigenvalue weighted by atomic mass is 10.1. The topological polar surface area (TPSA) is 73.2 Å². The summed E-state index contributed by atoms with van der Waals surface area (Å²) in [4.78, 5) is 26.4. The van der Waals surface area contributed by atoms with Crippen molar-refractivity contribution in [2.24, 2.45) is 0 Å². The average molecular weight is 418 g/mol. The summed E-state index contributed by atoms with van der Waals surface area (Å²) in [5, 5.41) is 12.7. The van der Waals surface area contributed by atoms with Gasteiger partial charge in [-0.2, -0.15) is 5.26 Å². The van der Waals surface area contributed by atoms with Crippen LogP contribution in [0.25, 0.3) is 0 Å². The van der Waals surface area contributed by atoms with E-state index in [-0.39, 0.29) is 43.7 Å². The quantitative estimate of drug-likeness (QED) is 0.663. The van der Waals surface area contributed by atoms with Crippen LogP contribution in [0.4, 0.5) is 5.69 Å². The molecule has 0 heterocycles. The molecule has 0 saturated heterocycles. The lowest BCUT2D eigenvalue weighted by Gasteiger charge is -2.22. The zero-order valence-corrected chi connectivity index (χ0v) is 17.0. The smallest absolute Gasteiger partial charge is 0.227 e. The molecule has 0 aliphatic carbocycles. The zero-order chi connectivity index (χ0) is 20.5. The van der Waals surface area contributed by atoms with Crippen molar-refractivity contribution < 1.29 is 9.59 Å². The molecule has 1 atom stereocenters. The summed E-state index contributed by atoms with van der Waals surface area (Å²) in [6.45, 7) is 2.11. The Balaban J connectivity index is 1.94. The highest BCUT2D eigenvalue weighted by atomic mass is 35.5. The van der Waals surface area contributed by atoms with E-state index in [1.54, 1.807) is 30.3 Å². The first-order valence-electron chi connectivity index (χ1n) is 8.89. The van der Waals surface area contributed by atoms with E-state index in [4.69, 9.17) is 28.5 Å². The van der Waals surface area contributed by atoms with Crippen LogP contribution in [0.3, 0.4) is 0 Å². The second-order valence-electron chi connectivity index (χ2n) is 6.24. The largest absolute Gasteiger partial charge is 0.350 e. The molecule has 1 N–H and O–H groups in total. The van der Waals surface area contributed by atoms with Gasteiger partial charge in [0.15, 0.2) is 0 Å². The van der Waals surface area contributed by atoms with E-state index in [0.717, 1.165) is 5.56 Å². The van der Waals surface area contributed by atoms with Crippen molar-refractivity contribution in [3.05, 3.63) is 64.1 Å². The Morgan fingerprint density at radius 2 is 1.86 bits per heavy atom. The van der Waals surface area contributed by atoms with E-state index in [2.05, 4.69) is 5.32 Å². The number of nitrogens with one attached hydrogen (secondary N) is 1. The van der Waals surface area contributed by atoms with Gasteiger partial charge in [-0.3, -0.25) is 9.59 Å². The fourth-order valence-corrected chi connectivity index (χ4v) is 3.34. The van der Waals surface area contributed by atoms with Crippen LogP contribution in [0.1, 0.15) is 37.8 Å². The van der Waals surface area contributed by atoms with Gasteiger partial charge in [0.1, 0.15) is 0 Å². The molecule has 0 radical (unpaired) electrons. The molecular formula is C21H21Cl2N3O2. The predicted molar refractivity (Wildman–Crippen MR) is 111 cm³/mol. The lowest BCUT2D eigenvalue weighted by molar-refractivity contribution is -0.125. The van der Waals surface area contributed by atoms with Crippen LogP contribution >= 0.6 is 23.2 Å². The molecule has 0 aliphatic rings. The summed E-state index contributed by atoms with van der Waals surface area (Å²) < 4.78 is 0. The van der Waals surface area contributed by atoms with Crippen LogP contribution in [0.2, 0.25) is 10.0 Å². The van der Waals surface area contributed by atoms with Gasteiger partial charge in [0.25, 0.3) is 0 Å². The molecule has 0 saturated carbocycles. The van der Waals surface area contributed by atoms with E-state index < -0.39 is 0 Å². The third-order valence-electron chi connectivity index (χ3n) is 4.19. The number of carbonyl (C=O) groups excluding carboxylic acids is 2. The first-order chi connectivity index (χ1) is 13.4. The van der Waals surface area contributed by atoms with Gasteiger partial charge in [-0.15, -0.1) is 0 Å². The molecule has 2 amide bonds. The second-order valence-corrected chi connectivity index (χ2v) is 7.09. The van der Waals surface area contributed by atoms with Gasteiger partial charge in [-0.25, -0.2) is 0 Å². The molecule has 0 spiro atoms. The van der Waals surface area contributed by atoms with Crippen LogP contribution in [-0.4, -0.2) is 18.4 Å². The molecule has 28 heavy (non-hydrogen) atoms. The minimum absolute atomic E-state index is 0.0459. The highest BCUT2D eigenvalue weighted by molar-refractivity contribution is 6.35. The molecule has 0 bridgehead atoms. The van der Waals surface area contributed by atoms with Crippen molar-refractivity contribution in [3.8, 4) is 6.07 Å². The van der Waals surface area contributed by atoms with Crippen molar-refractivity contribution in [1.82, 2.24) is 5.32 Å². The van der Waals surface area contributed by atoms with Crippen LogP contribution in [0, 0.1) is 11.3 Å². The highest BCUT2D eigenvalue weighted by Crippen LogP contribution is 2.26. The van der Waals surface area contributed by atoms with Crippen molar-refractivity contribution in [2.45, 2.75) is 32.2 Å². The molecule has 1 unspecified atom stereocenters. The third-order valence-corrected chi connectivity index (χ3v) is 4.75. The maximum absolute atomic E-state index is 12.6. The summed E-state index contributed by atoms with van der Waals surface area (Å²) in [6.07, 6.45) is 0.316. The van der Waals surface area contributed by atoms with Crippen LogP contribution in [-0.2, 0) is 9.59 Å². The summed E-state index contributed by atoms with van der Waals surface area (Å²) in [6, 6.07) is 16.0. The van der Waals surface area contributed by atoms with Crippen molar-refractivity contribution in [3.63, 3.8) is 0 Å². The summed E-state index contributed by atoms with van der Waals surface area (Å²) >= 11 is 12.1. The number of hydrogen-bond acceptors (Lipinski definition) is 3. The first kappa shape index (κ1) is 21.7. The van der Waals surface area contributed by atoms with Gasteiger partial charge in [0, 0.05) is 35.1 Å². The molecule has 5 nitrogen and oxygen atoms in total. The number of benzene rings is 2. The third kappa shape index (κ3) is 6.26. The Labute approximate surface area is 174 Å². The number of anilines is 1. The lowest BCUT2D eigenvalue weighted by Crippen LogP contribution is -2.33. The number of nitrogens with zero attached hydrogens (tertiary/aromatic N) is 2. The summed E-state index contributed by atoms with van der Waals surface area (Å²) in [7, 11) is 0. The number of nitriles is 1. The average Bonchev–Trinajstić information content (AvgIpc) is 2.67. The monoisotopic (exact) mass is 417 g/mol. The minimum atomic E-state index is -0.309. The fraction of sp³-hybridized carbons (Fsp3) is 0.286. The maximum atomic E-state index is 12.6. The number of amides is 2. The Morgan fingerprint density at radius 1 is 1.14 bits per heavy atom. The number of carbonyl (C=O) groups is 2. The predicted octanol–water partition coefficient (Wildman–Crippen LogP) is 4.90. The highest BCUT2D eigenvalue weighted by Gasteiger charge is 2.18. The molecule has 2 aromatic rings. The van der Waals surface area contributed by atoms with Crippen LogP contribution in [0.5, 0.6) is 0 Å². The SMILES string of the molecule is CC(NC(=O)CCC(=O)N(CCC#N)c1ccccc1)c1ccc(Cl)cc1Cl. The number of para-hydroxylation sites is 1. The Kier molecular flexibility index (Phi) is 8.31.